The van der Waals surface area contributed by atoms with E-state index in [1.54, 1.807) is 7.11 Å². The lowest BCUT2D eigenvalue weighted by molar-refractivity contribution is 0.0794. The van der Waals surface area contributed by atoms with Gasteiger partial charge in [0.05, 0.1) is 12.8 Å². The van der Waals surface area contributed by atoms with Crippen molar-refractivity contribution in [3.05, 3.63) is 23.1 Å². The van der Waals surface area contributed by atoms with Gasteiger partial charge in [-0.3, -0.25) is 4.79 Å². The van der Waals surface area contributed by atoms with Crippen molar-refractivity contribution in [3.63, 3.8) is 0 Å². The van der Waals surface area contributed by atoms with Gasteiger partial charge in [0.15, 0.2) is 0 Å². The first kappa shape index (κ1) is 13.2. The number of fused-ring (bicyclic) bond motifs is 1. The first-order valence-corrected chi connectivity index (χ1v) is 7.57. The highest BCUT2D eigenvalue weighted by molar-refractivity contribution is 7.21. The minimum absolute atomic E-state index is 0.0621. The summed E-state index contributed by atoms with van der Waals surface area (Å²) in [5, 5.41) is 0.936. The van der Waals surface area contributed by atoms with Crippen LogP contribution in [0.5, 0.6) is 5.75 Å². The van der Waals surface area contributed by atoms with Gasteiger partial charge >= 0.3 is 0 Å². The molecule has 1 aliphatic heterocycles. The van der Waals surface area contributed by atoms with Gasteiger partial charge in [-0.15, -0.1) is 11.3 Å². The van der Waals surface area contributed by atoms with Crippen molar-refractivity contribution >= 4 is 33.0 Å². The third-order valence-electron chi connectivity index (χ3n) is 3.84. The van der Waals surface area contributed by atoms with Crippen molar-refractivity contribution < 1.29 is 9.53 Å². The highest BCUT2D eigenvalue weighted by Gasteiger charge is 2.27. The lowest BCUT2D eigenvalue weighted by Crippen LogP contribution is -2.28. The lowest BCUT2D eigenvalue weighted by Gasteiger charge is -2.14. The van der Waals surface area contributed by atoms with Crippen molar-refractivity contribution in [1.82, 2.24) is 4.90 Å². The molecule has 2 heterocycles. The third-order valence-corrected chi connectivity index (χ3v) is 5.00. The number of benzene rings is 1. The molecule has 1 aromatic heterocycles. The van der Waals surface area contributed by atoms with E-state index in [0.717, 1.165) is 35.3 Å². The molecule has 0 saturated carbocycles. The van der Waals surface area contributed by atoms with E-state index in [4.69, 9.17) is 10.5 Å². The summed E-state index contributed by atoms with van der Waals surface area (Å²) in [6.45, 7) is 3.83. The zero-order valence-corrected chi connectivity index (χ0v) is 12.5. The number of hydrogen-bond donors (Lipinski definition) is 1. The molecule has 5 heteroatoms. The number of hydrogen-bond acceptors (Lipinski definition) is 4. The standard InChI is InChI=1S/C15H18N2O2S/c1-9-5-6-17(8-9)15(18)14-13(16)11-4-3-10(19-2)7-12(11)20-14/h3-4,7,9H,5-6,8,16H2,1-2H3. The molecule has 0 aliphatic carbocycles. The summed E-state index contributed by atoms with van der Waals surface area (Å²) in [4.78, 5) is 15.1. The van der Waals surface area contributed by atoms with Crippen LogP contribution in [-0.2, 0) is 0 Å². The maximum absolute atomic E-state index is 12.6. The van der Waals surface area contributed by atoms with Crippen LogP contribution >= 0.6 is 11.3 Å². The molecular formula is C15H18N2O2S. The Hall–Kier alpha value is -1.75. The number of nitrogens with zero attached hydrogens (tertiary/aromatic N) is 1. The van der Waals surface area contributed by atoms with Crippen LogP contribution in [0.2, 0.25) is 0 Å². The fraction of sp³-hybridized carbons (Fsp3) is 0.400. The fourth-order valence-corrected chi connectivity index (χ4v) is 3.77. The largest absolute Gasteiger partial charge is 0.497 e. The maximum Gasteiger partial charge on any atom is 0.266 e. The molecule has 3 rings (SSSR count). The predicted octanol–water partition coefficient (Wildman–Crippen LogP) is 2.97. The van der Waals surface area contributed by atoms with Crippen LogP contribution < -0.4 is 10.5 Å². The Morgan fingerprint density at radius 1 is 1.50 bits per heavy atom. The van der Waals surface area contributed by atoms with Crippen molar-refractivity contribution in [1.29, 1.82) is 0 Å². The molecule has 2 N–H and O–H groups in total. The number of nitrogens with two attached hydrogens (primary N) is 1. The number of carbonyl (C=O) groups is 1. The van der Waals surface area contributed by atoms with Gasteiger partial charge in [-0.25, -0.2) is 0 Å². The van der Waals surface area contributed by atoms with Crippen molar-refractivity contribution in [2.75, 3.05) is 25.9 Å². The fourth-order valence-electron chi connectivity index (χ4n) is 2.65. The van der Waals surface area contributed by atoms with Crippen LogP contribution in [-0.4, -0.2) is 31.0 Å². The van der Waals surface area contributed by atoms with Crippen LogP contribution in [0.25, 0.3) is 10.1 Å². The summed E-state index contributed by atoms with van der Waals surface area (Å²) in [5.74, 6) is 1.43. The van der Waals surface area contributed by atoms with Gasteiger partial charge in [0.2, 0.25) is 0 Å². The smallest absolute Gasteiger partial charge is 0.266 e. The van der Waals surface area contributed by atoms with Gasteiger partial charge < -0.3 is 15.4 Å². The number of anilines is 1. The molecule has 1 atom stereocenters. The van der Waals surface area contributed by atoms with Crippen LogP contribution in [0.4, 0.5) is 5.69 Å². The maximum atomic E-state index is 12.6. The van der Waals surface area contributed by atoms with Crippen molar-refractivity contribution in [2.45, 2.75) is 13.3 Å². The Morgan fingerprint density at radius 2 is 2.30 bits per heavy atom. The van der Waals surface area contributed by atoms with Gasteiger partial charge in [0, 0.05) is 23.2 Å². The monoisotopic (exact) mass is 290 g/mol. The average Bonchev–Trinajstić information content (AvgIpc) is 3.02. The minimum atomic E-state index is 0.0621. The number of nitrogen functional groups attached to an aromatic ring is 1. The molecule has 2 aromatic rings. The molecule has 1 amide bonds. The molecule has 106 valence electrons. The van der Waals surface area contributed by atoms with E-state index in [9.17, 15) is 4.79 Å². The first-order chi connectivity index (χ1) is 9.60. The van der Waals surface area contributed by atoms with Gasteiger partial charge in [0.1, 0.15) is 10.6 Å². The Morgan fingerprint density at radius 3 is 2.95 bits per heavy atom. The van der Waals surface area contributed by atoms with E-state index in [2.05, 4.69) is 6.92 Å². The summed E-state index contributed by atoms with van der Waals surface area (Å²) in [7, 11) is 1.63. The van der Waals surface area contributed by atoms with Gasteiger partial charge in [-0.1, -0.05) is 6.92 Å². The Balaban J connectivity index is 1.99. The summed E-state index contributed by atoms with van der Waals surface area (Å²) in [6.07, 6.45) is 1.07. The second-order valence-corrected chi connectivity index (χ2v) is 6.40. The zero-order chi connectivity index (χ0) is 14.3. The van der Waals surface area contributed by atoms with Crippen LogP contribution in [0.15, 0.2) is 18.2 Å². The molecule has 1 aliphatic rings. The molecule has 1 aromatic carbocycles. The van der Waals surface area contributed by atoms with Crippen LogP contribution in [0.1, 0.15) is 23.0 Å². The first-order valence-electron chi connectivity index (χ1n) is 6.75. The average molecular weight is 290 g/mol. The Labute approximate surface area is 122 Å². The summed E-state index contributed by atoms with van der Waals surface area (Å²) < 4.78 is 6.21. The van der Waals surface area contributed by atoms with Crippen molar-refractivity contribution in [3.8, 4) is 5.75 Å². The van der Waals surface area contributed by atoms with E-state index in [0.29, 0.717) is 16.5 Å². The number of carbonyl (C=O) groups excluding carboxylic acids is 1. The molecule has 1 unspecified atom stereocenters. The molecule has 1 saturated heterocycles. The van der Waals surface area contributed by atoms with Crippen molar-refractivity contribution in [2.24, 2.45) is 5.92 Å². The molecule has 20 heavy (non-hydrogen) atoms. The SMILES string of the molecule is COc1ccc2c(N)c(C(=O)N3CCC(C)C3)sc2c1. The summed E-state index contributed by atoms with van der Waals surface area (Å²) >= 11 is 1.45. The third kappa shape index (κ3) is 2.12. The predicted molar refractivity (Wildman–Crippen MR) is 82.5 cm³/mol. The van der Waals surface area contributed by atoms with E-state index >= 15 is 0 Å². The van der Waals surface area contributed by atoms with Crippen LogP contribution in [0.3, 0.4) is 0 Å². The Bertz CT molecular complexity index is 665. The highest BCUT2D eigenvalue weighted by Crippen LogP contribution is 2.37. The highest BCUT2D eigenvalue weighted by atomic mass is 32.1. The van der Waals surface area contributed by atoms with Gasteiger partial charge in [0.25, 0.3) is 5.91 Å². The molecule has 0 spiro atoms. The van der Waals surface area contributed by atoms with E-state index in [-0.39, 0.29) is 5.91 Å². The van der Waals surface area contributed by atoms with Gasteiger partial charge in [-0.05, 0) is 30.5 Å². The molecule has 0 bridgehead atoms. The summed E-state index contributed by atoms with van der Waals surface area (Å²) in [6, 6.07) is 5.72. The molecule has 4 nitrogen and oxygen atoms in total. The Kier molecular flexibility index (Phi) is 3.30. The molecule has 1 fully saturated rings. The van der Waals surface area contributed by atoms with Crippen LogP contribution in [0, 0.1) is 5.92 Å². The normalized spacial score (nSPS) is 18.7. The minimum Gasteiger partial charge on any atom is -0.497 e. The quantitative estimate of drug-likeness (QED) is 0.925. The number of likely N-dealkylation sites (tertiary alicyclic amines) is 1. The van der Waals surface area contributed by atoms with E-state index in [1.165, 1.54) is 11.3 Å². The summed E-state index contributed by atoms with van der Waals surface area (Å²) in [5.41, 5.74) is 6.75. The molecular weight excluding hydrogens is 272 g/mol. The number of rotatable bonds is 2. The number of thiophene rings is 1. The van der Waals surface area contributed by atoms with E-state index < -0.39 is 0 Å². The zero-order valence-electron chi connectivity index (χ0n) is 11.7. The number of ether oxygens (including phenoxy) is 1. The number of methoxy groups -OCH3 is 1. The van der Waals surface area contributed by atoms with Gasteiger partial charge in [-0.2, -0.15) is 0 Å². The second-order valence-electron chi connectivity index (χ2n) is 5.35. The molecule has 0 radical (unpaired) electrons. The second kappa shape index (κ2) is 4.98. The van der Waals surface area contributed by atoms with E-state index in [1.807, 2.05) is 23.1 Å². The lowest BCUT2D eigenvalue weighted by atomic mass is 10.2. The topological polar surface area (TPSA) is 55.6 Å². The number of amides is 1.